The van der Waals surface area contributed by atoms with Gasteiger partial charge < -0.3 is 9.47 Å². The van der Waals surface area contributed by atoms with Crippen LogP contribution in [0.3, 0.4) is 0 Å². The van der Waals surface area contributed by atoms with Crippen LogP contribution in [0, 0.1) is 10.1 Å². The van der Waals surface area contributed by atoms with E-state index in [2.05, 4.69) is 17.2 Å². The van der Waals surface area contributed by atoms with E-state index in [4.69, 9.17) is 9.47 Å². The van der Waals surface area contributed by atoms with Crippen molar-refractivity contribution in [3.8, 4) is 0 Å². The molecule has 4 rings (SSSR count). The van der Waals surface area contributed by atoms with Crippen molar-refractivity contribution in [2.45, 2.75) is 38.8 Å². The molecule has 0 radical (unpaired) electrons. The lowest BCUT2D eigenvalue weighted by Gasteiger charge is -2.32. The molecule has 1 aromatic rings. The molecular weight excluding hydrogens is 428 g/mol. The Bertz CT molecular complexity index is 1130. The lowest BCUT2D eigenvalue weighted by molar-refractivity contribution is -0.566. The maximum Gasteiger partial charge on any atom is 0.356 e. The minimum absolute atomic E-state index is 0.0414. The summed E-state index contributed by atoms with van der Waals surface area (Å²) in [7, 11) is 0. The molecule has 0 unspecified atom stereocenters. The number of ether oxygens (including phenoxy) is 2. The zero-order valence-electron chi connectivity index (χ0n) is 18.4. The molecule has 0 saturated carbocycles. The number of rotatable bonds is 7. The number of allylic oxidation sites excluding steroid dienone is 1. The van der Waals surface area contributed by atoms with E-state index in [1.165, 1.54) is 18.2 Å². The SMILES string of the molecule is C=CCOC(=O)C1=C(C)NC2=[N+]3[C@@H]1CC[C@@H]3C(C(=O)OCC)=C(c1ccc([N+](=O)[O-])cc1)N2. The highest BCUT2D eigenvalue weighted by Crippen LogP contribution is 2.38. The van der Waals surface area contributed by atoms with Crippen LogP contribution in [0.4, 0.5) is 5.69 Å². The first kappa shape index (κ1) is 22.3. The van der Waals surface area contributed by atoms with Gasteiger partial charge in [0.15, 0.2) is 0 Å². The fourth-order valence-corrected chi connectivity index (χ4v) is 4.62. The third-order valence-corrected chi connectivity index (χ3v) is 5.95. The molecule has 2 atom stereocenters. The largest absolute Gasteiger partial charge is 0.462 e. The van der Waals surface area contributed by atoms with Crippen LogP contribution < -0.4 is 10.6 Å². The molecule has 1 fully saturated rings. The Morgan fingerprint density at radius 1 is 1.15 bits per heavy atom. The number of esters is 2. The van der Waals surface area contributed by atoms with E-state index in [9.17, 15) is 19.7 Å². The molecule has 0 aliphatic carbocycles. The van der Waals surface area contributed by atoms with Crippen molar-refractivity contribution in [2.24, 2.45) is 0 Å². The van der Waals surface area contributed by atoms with Gasteiger partial charge in [-0.1, -0.05) is 12.7 Å². The predicted molar refractivity (Wildman–Crippen MR) is 119 cm³/mol. The predicted octanol–water partition coefficient (Wildman–Crippen LogP) is 1.98. The number of nitrogens with one attached hydrogen (secondary N) is 2. The Balaban J connectivity index is 1.75. The Hall–Kier alpha value is -3.95. The summed E-state index contributed by atoms with van der Waals surface area (Å²) in [5.74, 6) is -0.251. The van der Waals surface area contributed by atoms with Gasteiger partial charge in [-0.05, 0) is 38.8 Å². The van der Waals surface area contributed by atoms with Gasteiger partial charge in [0.1, 0.15) is 35.5 Å². The van der Waals surface area contributed by atoms with Crippen LogP contribution in [0.5, 0.6) is 0 Å². The number of non-ortho nitro benzene ring substituents is 1. The first-order chi connectivity index (χ1) is 15.9. The maximum absolute atomic E-state index is 13.0. The summed E-state index contributed by atoms with van der Waals surface area (Å²) >= 11 is 0. The van der Waals surface area contributed by atoms with E-state index in [1.807, 2.05) is 4.58 Å². The number of nitro benzene ring substituents is 1. The highest BCUT2D eigenvalue weighted by atomic mass is 16.6. The van der Waals surface area contributed by atoms with Crippen molar-refractivity contribution < 1.29 is 28.6 Å². The van der Waals surface area contributed by atoms with Crippen LogP contribution in [0.25, 0.3) is 5.70 Å². The molecule has 3 aliphatic rings. The molecule has 172 valence electrons. The average Bonchev–Trinajstić information content (AvgIpc) is 3.22. The van der Waals surface area contributed by atoms with Crippen LogP contribution in [-0.2, 0) is 19.1 Å². The van der Waals surface area contributed by atoms with Gasteiger partial charge in [-0.3, -0.25) is 10.1 Å². The van der Waals surface area contributed by atoms with E-state index >= 15 is 0 Å². The number of nitro groups is 1. The second-order valence-corrected chi connectivity index (χ2v) is 7.85. The molecule has 3 heterocycles. The van der Waals surface area contributed by atoms with Crippen molar-refractivity contribution in [3.05, 3.63) is 69.4 Å². The smallest absolute Gasteiger partial charge is 0.356 e. The summed E-state index contributed by atoms with van der Waals surface area (Å²) in [6, 6.07) is 5.40. The van der Waals surface area contributed by atoms with Gasteiger partial charge in [0.25, 0.3) is 5.69 Å². The van der Waals surface area contributed by atoms with Gasteiger partial charge >= 0.3 is 17.9 Å². The van der Waals surface area contributed by atoms with Crippen molar-refractivity contribution in [1.29, 1.82) is 0 Å². The molecule has 0 amide bonds. The van der Waals surface area contributed by atoms with E-state index in [1.54, 1.807) is 26.0 Å². The number of hydrogen-bond donors (Lipinski definition) is 2. The first-order valence-corrected chi connectivity index (χ1v) is 10.7. The Morgan fingerprint density at radius 3 is 2.39 bits per heavy atom. The normalized spacial score (nSPS) is 21.2. The zero-order chi connectivity index (χ0) is 23.7. The molecule has 10 nitrogen and oxygen atoms in total. The van der Waals surface area contributed by atoms with E-state index in [0.29, 0.717) is 46.9 Å². The number of benzene rings is 1. The van der Waals surface area contributed by atoms with Gasteiger partial charge in [0.2, 0.25) is 0 Å². The molecule has 0 spiro atoms. The summed E-state index contributed by atoms with van der Waals surface area (Å²) < 4.78 is 12.6. The maximum atomic E-state index is 13.0. The van der Waals surface area contributed by atoms with E-state index < -0.39 is 16.9 Å². The van der Waals surface area contributed by atoms with Gasteiger partial charge in [-0.25, -0.2) is 24.8 Å². The number of carbonyl (C=O) groups excluding carboxylic acids is 2. The number of nitrogens with zero attached hydrogens (tertiary/aromatic N) is 2. The second-order valence-electron chi connectivity index (χ2n) is 7.85. The van der Waals surface area contributed by atoms with Crippen LogP contribution in [0.15, 0.2) is 53.8 Å². The zero-order valence-corrected chi connectivity index (χ0v) is 18.4. The van der Waals surface area contributed by atoms with Crippen molar-refractivity contribution >= 4 is 29.3 Å². The highest BCUT2D eigenvalue weighted by molar-refractivity contribution is 6.04. The first-order valence-electron chi connectivity index (χ1n) is 10.7. The summed E-state index contributed by atoms with van der Waals surface area (Å²) in [5.41, 5.74) is 2.72. The van der Waals surface area contributed by atoms with Crippen molar-refractivity contribution in [3.63, 3.8) is 0 Å². The lowest BCUT2D eigenvalue weighted by Crippen LogP contribution is -2.56. The second kappa shape index (κ2) is 8.89. The Morgan fingerprint density at radius 2 is 1.79 bits per heavy atom. The van der Waals surface area contributed by atoms with Gasteiger partial charge in [-0.2, -0.15) is 0 Å². The quantitative estimate of drug-likeness (QED) is 0.211. The number of guanidine groups is 1. The molecule has 10 heteroatoms. The monoisotopic (exact) mass is 453 g/mol. The average molecular weight is 453 g/mol. The summed E-state index contributed by atoms with van der Waals surface area (Å²) in [5, 5.41) is 17.6. The minimum atomic E-state index is -0.472. The topological polar surface area (TPSA) is 123 Å². The summed E-state index contributed by atoms with van der Waals surface area (Å²) in [6.07, 6.45) is 2.77. The summed E-state index contributed by atoms with van der Waals surface area (Å²) in [6.45, 7) is 7.44. The molecule has 1 aromatic carbocycles. The molecule has 3 aliphatic heterocycles. The van der Waals surface area contributed by atoms with Gasteiger partial charge in [0, 0.05) is 17.7 Å². The van der Waals surface area contributed by atoms with Gasteiger partial charge in [-0.15, -0.1) is 0 Å². The van der Waals surface area contributed by atoms with E-state index in [0.717, 1.165) is 0 Å². The van der Waals surface area contributed by atoms with Crippen LogP contribution in [-0.4, -0.2) is 52.7 Å². The molecule has 0 bridgehead atoms. The van der Waals surface area contributed by atoms with Crippen LogP contribution >= 0.6 is 0 Å². The van der Waals surface area contributed by atoms with Crippen LogP contribution in [0.1, 0.15) is 32.3 Å². The Labute approximate surface area is 190 Å². The fourth-order valence-electron chi connectivity index (χ4n) is 4.62. The van der Waals surface area contributed by atoms with Crippen molar-refractivity contribution in [1.82, 2.24) is 10.6 Å². The molecule has 33 heavy (non-hydrogen) atoms. The minimum Gasteiger partial charge on any atom is -0.462 e. The third-order valence-electron chi connectivity index (χ3n) is 5.95. The molecule has 1 saturated heterocycles. The Kier molecular flexibility index (Phi) is 5.99. The van der Waals surface area contributed by atoms with E-state index in [-0.39, 0.29) is 31.0 Å². The lowest BCUT2D eigenvalue weighted by atomic mass is 9.97. The fraction of sp³-hybridized carbons (Fsp3) is 0.348. The molecule has 0 aromatic heterocycles. The number of carbonyl (C=O) groups is 2. The van der Waals surface area contributed by atoms with Crippen LogP contribution in [0.2, 0.25) is 0 Å². The number of hydrogen-bond acceptors (Lipinski definition) is 8. The summed E-state index contributed by atoms with van der Waals surface area (Å²) in [4.78, 5) is 36.4. The molecular formula is C23H25N4O6+. The third kappa shape index (κ3) is 3.88. The van der Waals surface area contributed by atoms with Crippen molar-refractivity contribution in [2.75, 3.05) is 13.2 Å². The standard InChI is InChI=1S/C23H24N4O6/c1-4-12-33-21(28)18-13(3)24-23-25-20(14-6-8-15(9-7-14)27(30)31)19(22(29)32-5-2)17-11-10-16(18)26(17)23/h4,6-9,16-17H,1,5,10-12H2,2-3H3,(H,24,25,28,29)/p+1/t16-,17-/m1/s1. The highest BCUT2D eigenvalue weighted by Gasteiger charge is 2.51. The molecule has 2 N–H and O–H groups in total. The van der Waals surface area contributed by atoms with Gasteiger partial charge in [0.05, 0.1) is 17.2 Å².